The highest BCUT2D eigenvalue weighted by molar-refractivity contribution is 5.82. The molecule has 0 bridgehead atoms. The van der Waals surface area contributed by atoms with Crippen LogP contribution in [0.5, 0.6) is 0 Å². The van der Waals surface area contributed by atoms with Crippen molar-refractivity contribution in [3.8, 4) is 0 Å². The molecule has 8 heteroatoms. The summed E-state index contributed by atoms with van der Waals surface area (Å²) in [4.78, 5) is 19.5. The van der Waals surface area contributed by atoms with Crippen molar-refractivity contribution in [3.63, 3.8) is 0 Å². The van der Waals surface area contributed by atoms with Gasteiger partial charge in [-0.2, -0.15) is 13.2 Å². The maximum absolute atomic E-state index is 13.6. The van der Waals surface area contributed by atoms with E-state index in [0.717, 1.165) is 31.2 Å². The van der Waals surface area contributed by atoms with Gasteiger partial charge in [-0.05, 0) is 37.0 Å². The van der Waals surface area contributed by atoms with Gasteiger partial charge >= 0.3 is 6.18 Å². The topological polar surface area (TPSA) is 65.5 Å². The number of likely N-dealkylation sites (tertiary alicyclic amines) is 1. The average Bonchev–Trinajstić information content (AvgIpc) is 2.82. The van der Waals surface area contributed by atoms with Crippen LogP contribution in [0.4, 0.5) is 13.2 Å². The largest absolute Gasteiger partial charge is 0.401 e. The fourth-order valence-electron chi connectivity index (χ4n) is 5.46. The van der Waals surface area contributed by atoms with Crippen molar-refractivity contribution in [2.75, 3.05) is 13.1 Å². The van der Waals surface area contributed by atoms with E-state index in [0.29, 0.717) is 18.7 Å². The Hall–Kier alpha value is -2.45. The molecule has 2 N–H and O–H groups in total. The smallest absolute Gasteiger partial charge is 0.385 e. The quantitative estimate of drug-likeness (QED) is 0.687. The van der Waals surface area contributed by atoms with Gasteiger partial charge in [-0.25, -0.2) is 0 Å². The number of benzene rings is 1. The Kier molecular flexibility index (Phi) is 7.05. The van der Waals surface area contributed by atoms with Gasteiger partial charge in [0.2, 0.25) is 5.91 Å². The normalized spacial score (nSPS) is 26.5. The Balaban J connectivity index is 1.58. The summed E-state index contributed by atoms with van der Waals surface area (Å²) in [5.41, 5.74) is 0.358. The predicted octanol–water partition coefficient (Wildman–Crippen LogP) is 3.82. The second kappa shape index (κ2) is 9.81. The minimum Gasteiger partial charge on any atom is -0.385 e. The molecular weight excluding hydrogens is 431 g/mol. The molecule has 4 atom stereocenters. The van der Waals surface area contributed by atoms with E-state index in [2.05, 4.69) is 10.3 Å². The number of aliphatic hydroxyl groups is 1. The lowest BCUT2D eigenvalue weighted by Crippen LogP contribution is -2.62. The number of alkyl halides is 3. The molecule has 1 saturated carbocycles. The SMILES string of the molecule is O=C([C@H](Cc1ccccn1)NCC(F)(F)F)N1CCC(O)(c2ccccc2)[C@@H]2CCCC[C@@H]21. The van der Waals surface area contributed by atoms with Crippen LogP contribution in [0.1, 0.15) is 43.4 Å². The lowest BCUT2D eigenvalue weighted by Gasteiger charge is -2.53. The number of hydrogen-bond donors (Lipinski definition) is 2. The van der Waals surface area contributed by atoms with Gasteiger partial charge in [0.25, 0.3) is 0 Å². The summed E-state index contributed by atoms with van der Waals surface area (Å²) in [6.45, 7) is -0.941. The third kappa shape index (κ3) is 5.38. The number of nitrogens with one attached hydrogen (secondary N) is 1. The number of carbonyl (C=O) groups excluding carboxylic acids is 1. The molecular formula is C25H30F3N3O2. The van der Waals surface area contributed by atoms with E-state index in [1.807, 2.05) is 30.3 Å². The lowest BCUT2D eigenvalue weighted by molar-refractivity contribution is -0.158. The molecule has 0 spiro atoms. The highest BCUT2D eigenvalue weighted by Gasteiger charge is 2.51. The Bertz CT molecular complexity index is 925. The van der Waals surface area contributed by atoms with Crippen LogP contribution in [0.15, 0.2) is 54.7 Å². The van der Waals surface area contributed by atoms with Crippen molar-refractivity contribution in [1.82, 2.24) is 15.2 Å². The number of aromatic nitrogens is 1. The van der Waals surface area contributed by atoms with Gasteiger partial charge in [-0.1, -0.05) is 49.2 Å². The lowest BCUT2D eigenvalue weighted by atomic mass is 9.66. The van der Waals surface area contributed by atoms with Crippen LogP contribution in [-0.4, -0.2) is 52.2 Å². The molecule has 1 aromatic heterocycles. The van der Waals surface area contributed by atoms with Crippen LogP contribution in [0.3, 0.4) is 0 Å². The Morgan fingerprint density at radius 3 is 2.58 bits per heavy atom. The van der Waals surface area contributed by atoms with E-state index in [-0.39, 0.29) is 24.3 Å². The average molecular weight is 462 g/mol. The number of rotatable bonds is 6. The maximum Gasteiger partial charge on any atom is 0.401 e. The Morgan fingerprint density at radius 2 is 1.88 bits per heavy atom. The van der Waals surface area contributed by atoms with Crippen molar-refractivity contribution in [2.45, 2.75) is 62.4 Å². The van der Waals surface area contributed by atoms with Crippen molar-refractivity contribution in [3.05, 3.63) is 66.0 Å². The number of nitrogens with zero attached hydrogens (tertiary/aromatic N) is 2. The number of piperidine rings is 1. The molecule has 178 valence electrons. The molecule has 2 heterocycles. The van der Waals surface area contributed by atoms with Crippen LogP contribution >= 0.6 is 0 Å². The van der Waals surface area contributed by atoms with Gasteiger partial charge in [0.15, 0.2) is 0 Å². The zero-order chi connectivity index (χ0) is 23.5. The van der Waals surface area contributed by atoms with E-state index in [4.69, 9.17) is 0 Å². The molecule has 2 fully saturated rings. The predicted molar refractivity (Wildman–Crippen MR) is 118 cm³/mol. The van der Waals surface area contributed by atoms with Gasteiger partial charge in [0, 0.05) is 36.8 Å². The molecule has 33 heavy (non-hydrogen) atoms. The van der Waals surface area contributed by atoms with E-state index in [1.54, 1.807) is 29.3 Å². The minimum atomic E-state index is -4.43. The first kappa shape index (κ1) is 23.7. The van der Waals surface area contributed by atoms with Crippen LogP contribution < -0.4 is 5.32 Å². The highest BCUT2D eigenvalue weighted by Crippen LogP contribution is 2.47. The second-order valence-corrected chi connectivity index (χ2v) is 9.10. The summed E-state index contributed by atoms with van der Waals surface area (Å²) >= 11 is 0. The molecule has 0 radical (unpaired) electrons. The Morgan fingerprint density at radius 1 is 1.15 bits per heavy atom. The molecule has 2 aliphatic rings. The number of pyridine rings is 1. The number of halogens is 3. The molecule has 2 aromatic rings. The van der Waals surface area contributed by atoms with Gasteiger partial charge in [-0.15, -0.1) is 0 Å². The maximum atomic E-state index is 13.6. The molecule has 5 nitrogen and oxygen atoms in total. The zero-order valence-corrected chi connectivity index (χ0v) is 18.5. The van der Waals surface area contributed by atoms with Crippen molar-refractivity contribution in [1.29, 1.82) is 0 Å². The molecule has 1 unspecified atom stereocenters. The molecule has 1 amide bonds. The standard InChI is InChI=1S/C25H30F3N3O2/c26-25(27,28)17-30-21(16-19-10-6-7-14-29-19)23(32)31-15-13-24(33,18-8-2-1-3-9-18)20-11-4-5-12-22(20)31/h1-3,6-10,14,20-22,30,33H,4-5,11-13,15-17H2/t20-,21+,22+,24?/m1/s1. The number of amides is 1. The summed E-state index contributed by atoms with van der Waals surface area (Å²) in [5.74, 6) is -0.499. The van der Waals surface area contributed by atoms with Crippen LogP contribution in [0.2, 0.25) is 0 Å². The number of fused-ring (bicyclic) bond motifs is 1. The third-order valence-corrected chi connectivity index (χ3v) is 7.02. The Labute approximate surface area is 192 Å². The summed E-state index contributed by atoms with van der Waals surface area (Å²) in [6.07, 6.45) is 0.983. The van der Waals surface area contributed by atoms with Crippen LogP contribution in [-0.2, 0) is 16.8 Å². The van der Waals surface area contributed by atoms with E-state index in [1.165, 1.54) is 0 Å². The van der Waals surface area contributed by atoms with Crippen molar-refractivity contribution >= 4 is 5.91 Å². The van der Waals surface area contributed by atoms with Crippen molar-refractivity contribution < 1.29 is 23.1 Å². The fraction of sp³-hybridized carbons (Fsp3) is 0.520. The molecule has 1 aliphatic heterocycles. The number of carbonyl (C=O) groups is 1. The monoisotopic (exact) mass is 461 g/mol. The van der Waals surface area contributed by atoms with E-state index in [9.17, 15) is 23.1 Å². The molecule has 4 rings (SSSR count). The second-order valence-electron chi connectivity index (χ2n) is 9.10. The van der Waals surface area contributed by atoms with Crippen molar-refractivity contribution in [2.24, 2.45) is 5.92 Å². The van der Waals surface area contributed by atoms with Gasteiger partial charge in [0.05, 0.1) is 18.2 Å². The minimum absolute atomic E-state index is 0.0760. The molecule has 1 aromatic carbocycles. The molecule has 1 saturated heterocycles. The van der Waals surface area contributed by atoms with Gasteiger partial charge < -0.3 is 10.0 Å². The summed E-state index contributed by atoms with van der Waals surface area (Å²) in [7, 11) is 0. The van der Waals surface area contributed by atoms with Crippen LogP contribution in [0.25, 0.3) is 0 Å². The number of hydrogen-bond acceptors (Lipinski definition) is 4. The van der Waals surface area contributed by atoms with E-state index >= 15 is 0 Å². The first-order valence-electron chi connectivity index (χ1n) is 11.6. The highest BCUT2D eigenvalue weighted by atomic mass is 19.4. The first-order chi connectivity index (χ1) is 15.8. The zero-order valence-electron chi connectivity index (χ0n) is 18.5. The summed E-state index contributed by atoms with van der Waals surface area (Å²) in [5, 5.41) is 14.1. The summed E-state index contributed by atoms with van der Waals surface area (Å²) in [6, 6.07) is 13.5. The van der Waals surface area contributed by atoms with Gasteiger partial charge in [-0.3, -0.25) is 15.1 Å². The summed E-state index contributed by atoms with van der Waals surface area (Å²) < 4.78 is 38.9. The first-order valence-corrected chi connectivity index (χ1v) is 11.6. The third-order valence-electron chi connectivity index (χ3n) is 7.02. The fourth-order valence-corrected chi connectivity index (χ4v) is 5.46. The van der Waals surface area contributed by atoms with Crippen LogP contribution in [0, 0.1) is 5.92 Å². The van der Waals surface area contributed by atoms with Gasteiger partial charge in [0.1, 0.15) is 0 Å². The molecule has 1 aliphatic carbocycles. The van der Waals surface area contributed by atoms with E-state index < -0.39 is 24.4 Å².